The molecule has 6 rings (SSSR count). The lowest BCUT2D eigenvalue weighted by molar-refractivity contribution is 0.212. The average Bonchev–Trinajstić information content (AvgIpc) is 3.24. The van der Waals surface area contributed by atoms with Crippen molar-refractivity contribution in [3.63, 3.8) is 0 Å². The summed E-state index contributed by atoms with van der Waals surface area (Å²) in [5, 5.41) is 1.91. The van der Waals surface area contributed by atoms with E-state index in [1.165, 1.54) is 16.7 Å². The zero-order valence-corrected chi connectivity index (χ0v) is 19.8. The monoisotopic (exact) mass is 467 g/mol. The van der Waals surface area contributed by atoms with E-state index in [4.69, 9.17) is 16.6 Å². The van der Waals surface area contributed by atoms with Crippen molar-refractivity contribution in [1.29, 1.82) is 0 Å². The molecule has 0 unspecified atom stereocenters. The van der Waals surface area contributed by atoms with Crippen molar-refractivity contribution in [2.75, 3.05) is 31.1 Å². The number of rotatable bonds is 4. The van der Waals surface area contributed by atoms with Crippen molar-refractivity contribution >= 4 is 39.4 Å². The van der Waals surface area contributed by atoms with E-state index in [1.54, 1.807) is 6.33 Å². The van der Waals surface area contributed by atoms with Gasteiger partial charge in [-0.2, -0.15) is 0 Å². The van der Waals surface area contributed by atoms with Gasteiger partial charge >= 0.3 is 0 Å². The first-order valence-electron chi connectivity index (χ1n) is 11.7. The van der Waals surface area contributed by atoms with Crippen LogP contribution < -0.4 is 4.90 Å². The second-order valence-electron chi connectivity index (χ2n) is 8.98. The van der Waals surface area contributed by atoms with E-state index in [9.17, 15) is 0 Å². The van der Waals surface area contributed by atoms with E-state index in [1.807, 2.05) is 12.1 Å². The Hall–Kier alpha value is -3.41. The van der Waals surface area contributed by atoms with Crippen LogP contribution >= 0.6 is 11.6 Å². The fourth-order valence-electron chi connectivity index (χ4n) is 5.12. The molecule has 170 valence electrons. The molecule has 0 spiro atoms. The average molecular weight is 468 g/mol. The van der Waals surface area contributed by atoms with Crippen LogP contribution in [0.15, 0.2) is 79.1 Å². The molecule has 0 bridgehead atoms. The van der Waals surface area contributed by atoms with E-state index in [0.717, 1.165) is 59.0 Å². The van der Waals surface area contributed by atoms with E-state index >= 15 is 0 Å². The van der Waals surface area contributed by atoms with Crippen molar-refractivity contribution in [1.82, 2.24) is 19.9 Å². The topological polar surface area (TPSA) is 48.1 Å². The molecule has 3 aromatic carbocycles. The molecule has 34 heavy (non-hydrogen) atoms. The third-order valence-corrected chi connectivity index (χ3v) is 7.05. The van der Waals surface area contributed by atoms with Gasteiger partial charge in [-0.25, -0.2) is 9.97 Å². The zero-order valence-electron chi connectivity index (χ0n) is 19.1. The number of aromatic amines is 1. The minimum Gasteiger partial charge on any atom is -0.352 e. The number of nitrogens with one attached hydrogen (secondary N) is 1. The van der Waals surface area contributed by atoms with Gasteiger partial charge in [-0.05, 0) is 41.8 Å². The van der Waals surface area contributed by atoms with Gasteiger partial charge in [0.25, 0.3) is 0 Å². The number of benzene rings is 3. The fraction of sp³-hybridized carbons (Fsp3) is 0.214. The number of aryl methyl sites for hydroxylation is 1. The largest absolute Gasteiger partial charge is 0.352 e. The molecule has 1 saturated heterocycles. The van der Waals surface area contributed by atoms with Crippen molar-refractivity contribution < 1.29 is 0 Å². The lowest BCUT2D eigenvalue weighted by atomic mass is 9.96. The van der Waals surface area contributed by atoms with Crippen molar-refractivity contribution in [2.24, 2.45) is 0 Å². The second kappa shape index (κ2) is 8.75. The third-order valence-electron chi connectivity index (χ3n) is 6.80. The highest BCUT2D eigenvalue weighted by atomic mass is 35.5. The van der Waals surface area contributed by atoms with Gasteiger partial charge in [0.05, 0.1) is 6.04 Å². The predicted octanol–water partition coefficient (Wildman–Crippen LogP) is 5.98. The number of hydrogen-bond acceptors (Lipinski definition) is 4. The van der Waals surface area contributed by atoms with Crippen LogP contribution in [-0.2, 0) is 0 Å². The summed E-state index contributed by atoms with van der Waals surface area (Å²) in [4.78, 5) is 17.8. The molecule has 2 aromatic heterocycles. The van der Waals surface area contributed by atoms with Crippen LogP contribution in [0, 0.1) is 6.92 Å². The Bertz CT molecular complexity index is 1440. The summed E-state index contributed by atoms with van der Waals surface area (Å²) >= 11 is 6.19. The van der Waals surface area contributed by atoms with Gasteiger partial charge in [0.1, 0.15) is 17.4 Å². The highest BCUT2D eigenvalue weighted by Gasteiger charge is 2.28. The van der Waals surface area contributed by atoms with Crippen LogP contribution in [0.2, 0.25) is 5.02 Å². The minimum atomic E-state index is 0.196. The van der Waals surface area contributed by atoms with Gasteiger partial charge in [0.15, 0.2) is 5.82 Å². The lowest BCUT2D eigenvalue weighted by Crippen LogP contribution is -2.48. The number of anilines is 1. The number of piperazine rings is 1. The molecule has 1 atom stereocenters. The number of H-pyrrole nitrogens is 1. The standard InChI is InChI=1S/C28H26ClN5/c1-19-7-12-23-24(17-19)32-26-25(23)30-18-31-28(26)34-15-13-33(14-16-34)27(20-5-3-2-4-6-20)21-8-10-22(29)11-9-21/h2-12,17-18,27,32H,13-16H2,1H3/t27-/m1/s1. The number of fused-ring (bicyclic) bond motifs is 3. The quantitative estimate of drug-likeness (QED) is 0.353. The first kappa shape index (κ1) is 21.1. The number of halogens is 1. The Morgan fingerprint density at radius 2 is 1.59 bits per heavy atom. The van der Waals surface area contributed by atoms with Gasteiger partial charge in [-0.1, -0.05) is 66.2 Å². The maximum Gasteiger partial charge on any atom is 0.156 e. The molecular weight excluding hydrogens is 442 g/mol. The van der Waals surface area contributed by atoms with Crippen LogP contribution in [0.5, 0.6) is 0 Å². The normalized spacial score (nSPS) is 15.8. The number of hydrogen-bond donors (Lipinski definition) is 1. The van der Waals surface area contributed by atoms with E-state index < -0.39 is 0 Å². The van der Waals surface area contributed by atoms with E-state index in [-0.39, 0.29) is 6.04 Å². The number of nitrogens with zero attached hydrogens (tertiary/aromatic N) is 4. The van der Waals surface area contributed by atoms with E-state index in [0.29, 0.717) is 0 Å². The summed E-state index contributed by atoms with van der Waals surface area (Å²) in [6.45, 7) is 5.79. The van der Waals surface area contributed by atoms with Crippen LogP contribution in [0.25, 0.3) is 21.9 Å². The summed E-state index contributed by atoms with van der Waals surface area (Å²) < 4.78 is 0. The minimum absolute atomic E-state index is 0.196. The summed E-state index contributed by atoms with van der Waals surface area (Å²) in [5.41, 5.74) is 6.92. The zero-order chi connectivity index (χ0) is 23.1. The number of aromatic nitrogens is 3. The van der Waals surface area contributed by atoms with Gasteiger partial charge in [0, 0.05) is 42.1 Å². The highest BCUT2D eigenvalue weighted by Crippen LogP contribution is 2.33. The molecule has 0 amide bonds. The first-order valence-corrected chi connectivity index (χ1v) is 12.1. The lowest BCUT2D eigenvalue weighted by Gasteiger charge is -2.40. The van der Waals surface area contributed by atoms with Crippen LogP contribution in [0.3, 0.4) is 0 Å². The van der Waals surface area contributed by atoms with Gasteiger partial charge < -0.3 is 9.88 Å². The van der Waals surface area contributed by atoms with Gasteiger partial charge in [-0.3, -0.25) is 4.90 Å². The molecule has 3 heterocycles. The SMILES string of the molecule is Cc1ccc2c(c1)[nH]c1c(N3CCN([C@H](c4ccccc4)c4ccc(Cl)cc4)CC3)ncnc12. The van der Waals surface area contributed by atoms with Crippen LogP contribution in [0.1, 0.15) is 22.7 Å². The van der Waals surface area contributed by atoms with Crippen LogP contribution in [0.4, 0.5) is 5.82 Å². The molecular formula is C28H26ClN5. The molecule has 0 radical (unpaired) electrons. The van der Waals surface area contributed by atoms with Crippen molar-refractivity contribution in [2.45, 2.75) is 13.0 Å². The molecule has 1 aliphatic rings. The third kappa shape index (κ3) is 3.81. The molecule has 5 nitrogen and oxygen atoms in total. The summed E-state index contributed by atoms with van der Waals surface area (Å²) in [6, 6.07) is 25.6. The Labute approximate surface area is 204 Å². The second-order valence-corrected chi connectivity index (χ2v) is 9.42. The highest BCUT2D eigenvalue weighted by molar-refractivity contribution is 6.30. The summed E-state index contributed by atoms with van der Waals surface area (Å²) in [6.07, 6.45) is 1.69. The molecule has 1 aliphatic heterocycles. The van der Waals surface area contributed by atoms with Crippen LogP contribution in [-0.4, -0.2) is 46.0 Å². The van der Waals surface area contributed by atoms with Crippen molar-refractivity contribution in [3.05, 3.63) is 101 Å². The fourth-order valence-corrected chi connectivity index (χ4v) is 5.25. The smallest absolute Gasteiger partial charge is 0.156 e. The molecule has 1 N–H and O–H groups in total. The van der Waals surface area contributed by atoms with Gasteiger partial charge in [-0.15, -0.1) is 0 Å². The predicted molar refractivity (Wildman–Crippen MR) is 140 cm³/mol. The molecule has 0 saturated carbocycles. The molecule has 5 aromatic rings. The Balaban J connectivity index is 1.30. The molecule has 1 fully saturated rings. The Morgan fingerprint density at radius 3 is 2.35 bits per heavy atom. The Morgan fingerprint density at radius 1 is 0.853 bits per heavy atom. The van der Waals surface area contributed by atoms with E-state index in [2.05, 4.69) is 87.4 Å². The van der Waals surface area contributed by atoms with Crippen molar-refractivity contribution in [3.8, 4) is 0 Å². The van der Waals surface area contributed by atoms with Gasteiger partial charge in [0.2, 0.25) is 0 Å². The summed E-state index contributed by atoms with van der Waals surface area (Å²) in [7, 11) is 0. The maximum atomic E-state index is 6.19. The maximum absolute atomic E-state index is 6.19. The molecule has 6 heteroatoms. The Kier molecular flexibility index (Phi) is 5.44. The molecule has 0 aliphatic carbocycles. The first-order chi connectivity index (χ1) is 16.7. The summed E-state index contributed by atoms with van der Waals surface area (Å²) in [5.74, 6) is 0.987.